The maximum atomic E-state index is 14.7. The Kier molecular flexibility index (Phi) is 9.21. The number of amides is 1. The second-order valence-electron chi connectivity index (χ2n) is 11.1. The zero-order chi connectivity index (χ0) is 27.1. The normalized spacial score (nSPS) is 18.5. The van der Waals surface area contributed by atoms with E-state index in [-0.39, 0.29) is 17.1 Å². The first-order valence-electron chi connectivity index (χ1n) is 14.2. The summed E-state index contributed by atoms with van der Waals surface area (Å²) in [6.07, 6.45) is 6.69. The molecule has 0 atom stereocenters. The minimum atomic E-state index is -0.161. The highest BCUT2D eigenvalue weighted by Gasteiger charge is 2.37. The number of hydrogen-bond acceptors (Lipinski definition) is 3. The van der Waals surface area contributed by atoms with Crippen molar-refractivity contribution in [3.8, 4) is 5.75 Å². The first-order chi connectivity index (χ1) is 19.0. The van der Waals surface area contributed by atoms with Crippen molar-refractivity contribution in [1.82, 2.24) is 9.80 Å². The number of rotatable bonds is 4. The predicted molar refractivity (Wildman–Crippen MR) is 155 cm³/mol. The van der Waals surface area contributed by atoms with Crippen molar-refractivity contribution in [2.24, 2.45) is 5.41 Å². The Labute approximate surface area is 236 Å². The molecule has 2 aliphatic heterocycles. The van der Waals surface area contributed by atoms with Crippen LogP contribution in [0.25, 0.3) is 0 Å². The van der Waals surface area contributed by atoms with E-state index in [0.29, 0.717) is 24.6 Å². The first-order valence-corrected chi connectivity index (χ1v) is 14.6. The van der Waals surface area contributed by atoms with Gasteiger partial charge in [0.2, 0.25) is 5.91 Å². The van der Waals surface area contributed by atoms with Gasteiger partial charge in [0, 0.05) is 43.3 Å². The van der Waals surface area contributed by atoms with Gasteiger partial charge < -0.3 is 9.64 Å². The standard InChI is InChI=1S/C33H38ClFN2O2/c34-29-14-12-26(13-15-29)23-32(38)37-19-17-33(18-20-37)16-6-5-8-27-7-2-4-11-31(27)39-22-21-36(25-33)24-28-9-1-3-10-30(28)35/h1-4,7,9-15H,5-6,8,16-25H2. The van der Waals surface area contributed by atoms with Crippen LogP contribution >= 0.6 is 11.6 Å². The summed E-state index contributed by atoms with van der Waals surface area (Å²) < 4.78 is 20.9. The second kappa shape index (κ2) is 13.0. The minimum Gasteiger partial charge on any atom is -0.492 e. The summed E-state index contributed by atoms with van der Waals surface area (Å²) in [6.45, 7) is 4.25. The van der Waals surface area contributed by atoms with Crippen molar-refractivity contribution in [1.29, 1.82) is 0 Å². The molecule has 206 valence electrons. The number of para-hydroxylation sites is 1. The lowest BCUT2D eigenvalue weighted by Crippen LogP contribution is -2.49. The van der Waals surface area contributed by atoms with Crippen LogP contribution in [0.2, 0.25) is 5.02 Å². The van der Waals surface area contributed by atoms with Crippen LogP contribution in [-0.4, -0.2) is 48.5 Å². The van der Waals surface area contributed by atoms with Crippen molar-refractivity contribution in [2.75, 3.05) is 32.8 Å². The molecule has 5 rings (SSSR count). The maximum Gasteiger partial charge on any atom is 0.226 e. The van der Waals surface area contributed by atoms with Crippen LogP contribution in [0.5, 0.6) is 5.75 Å². The van der Waals surface area contributed by atoms with Gasteiger partial charge in [-0.1, -0.05) is 66.6 Å². The topological polar surface area (TPSA) is 32.8 Å². The fourth-order valence-electron chi connectivity index (χ4n) is 6.11. The van der Waals surface area contributed by atoms with E-state index in [0.717, 1.165) is 81.6 Å². The molecule has 1 spiro atoms. The molecule has 3 aromatic rings. The molecule has 39 heavy (non-hydrogen) atoms. The number of carbonyl (C=O) groups is 1. The third-order valence-electron chi connectivity index (χ3n) is 8.40. The number of aryl methyl sites for hydroxylation is 1. The Bertz CT molecular complexity index is 1240. The van der Waals surface area contributed by atoms with Crippen LogP contribution in [0.3, 0.4) is 0 Å². The quantitative estimate of drug-likeness (QED) is 0.354. The molecule has 4 nitrogen and oxygen atoms in total. The molecule has 2 heterocycles. The van der Waals surface area contributed by atoms with Crippen LogP contribution in [0, 0.1) is 11.2 Å². The van der Waals surface area contributed by atoms with Gasteiger partial charge in [-0.2, -0.15) is 0 Å². The maximum absolute atomic E-state index is 14.7. The molecule has 2 aliphatic rings. The number of piperidine rings is 1. The highest BCUT2D eigenvalue weighted by Crippen LogP contribution is 2.39. The van der Waals surface area contributed by atoms with Gasteiger partial charge in [-0.05, 0) is 72.9 Å². The fourth-order valence-corrected chi connectivity index (χ4v) is 6.24. The number of nitrogens with zero attached hydrogens (tertiary/aromatic N) is 2. The highest BCUT2D eigenvalue weighted by atomic mass is 35.5. The Morgan fingerprint density at radius 3 is 2.44 bits per heavy atom. The van der Waals surface area contributed by atoms with E-state index in [4.69, 9.17) is 16.3 Å². The summed E-state index contributed by atoms with van der Waals surface area (Å²) in [4.78, 5) is 17.5. The molecule has 1 saturated heterocycles. The summed E-state index contributed by atoms with van der Waals surface area (Å²) >= 11 is 6.01. The monoisotopic (exact) mass is 548 g/mol. The van der Waals surface area contributed by atoms with Gasteiger partial charge in [-0.3, -0.25) is 9.69 Å². The number of fused-ring (bicyclic) bond motifs is 1. The van der Waals surface area contributed by atoms with Gasteiger partial charge in [0.1, 0.15) is 18.2 Å². The fraction of sp³-hybridized carbons (Fsp3) is 0.424. The lowest BCUT2D eigenvalue weighted by atomic mass is 9.73. The SMILES string of the molecule is O=C(Cc1ccc(Cl)cc1)N1CCC2(CCCCc3ccccc3OCCN(Cc3ccccc3F)C2)CC1. The van der Waals surface area contributed by atoms with Crippen LogP contribution in [-0.2, 0) is 24.2 Å². The van der Waals surface area contributed by atoms with Crippen molar-refractivity contribution in [3.63, 3.8) is 0 Å². The number of benzene rings is 3. The Morgan fingerprint density at radius 1 is 0.897 bits per heavy atom. The Balaban J connectivity index is 1.30. The van der Waals surface area contributed by atoms with E-state index in [1.54, 1.807) is 12.1 Å². The molecular weight excluding hydrogens is 511 g/mol. The Morgan fingerprint density at radius 2 is 1.64 bits per heavy atom. The summed E-state index contributed by atoms with van der Waals surface area (Å²) in [5.74, 6) is 0.978. The van der Waals surface area contributed by atoms with E-state index < -0.39 is 0 Å². The second-order valence-corrected chi connectivity index (χ2v) is 11.6. The summed E-state index contributed by atoms with van der Waals surface area (Å²) in [7, 11) is 0. The lowest BCUT2D eigenvalue weighted by Gasteiger charge is -2.45. The smallest absolute Gasteiger partial charge is 0.226 e. The molecule has 0 radical (unpaired) electrons. The molecule has 0 unspecified atom stereocenters. The highest BCUT2D eigenvalue weighted by molar-refractivity contribution is 6.30. The predicted octanol–water partition coefficient (Wildman–Crippen LogP) is 6.94. The van der Waals surface area contributed by atoms with Crippen molar-refractivity contribution < 1.29 is 13.9 Å². The van der Waals surface area contributed by atoms with Crippen LogP contribution in [0.4, 0.5) is 4.39 Å². The number of hydrogen-bond donors (Lipinski definition) is 0. The summed E-state index contributed by atoms with van der Waals surface area (Å²) in [5, 5.41) is 0.683. The molecule has 6 heteroatoms. The number of carbonyl (C=O) groups excluding carboxylic acids is 1. The van der Waals surface area contributed by atoms with E-state index in [1.165, 1.54) is 5.56 Å². The van der Waals surface area contributed by atoms with Crippen molar-refractivity contribution in [2.45, 2.75) is 51.5 Å². The number of likely N-dealkylation sites (tertiary alicyclic amines) is 1. The van der Waals surface area contributed by atoms with E-state index >= 15 is 0 Å². The van der Waals surface area contributed by atoms with E-state index in [2.05, 4.69) is 23.1 Å². The average molecular weight is 549 g/mol. The van der Waals surface area contributed by atoms with Crippen LogP contribution in [0.15, 0.2) is 72.8 Å². The molecule has 0 N–H and O–H groups in total. The van der Waals surface area contributed by atoms with Gasteiger partial charge in [0.05, 0.1) is 6.42 Å². The van der Waals surface area contributed by atoms with Gasteiger partial charge in [0.25, 0.3) is 0 Å². The third kappa shape index (κ3) is 7.40. The molecule has 0 bridgehead atoms. The number of halogens is 2. The lowest BCUT2D eigenvalue weighted by molar-refractivity contribution is -0.133. The molecule has 0 saturated carbocycles. The van der Waals surface area contributed by atoms with Gasteiger partial charge in [-0.15, -0.1) is 0 Å². The molecular formula is C33H38ClFN2O2. The average Bonchev–Trinajstić information content (AvgIpc) is 2.94. The molecule has 0 aliphatic carbocycles. The Hall–Kier alpha value is -2.89. The molecule has 0 aromatic heterocycles. The molecule has 1 amide bonds. The summed E-state index contributed by atoms with van der Waals surface area (Å²) in [5.41, 5.74) is 3.07. The largest absolute Gasteiger partial charge is 0.492 e. The van der Waals surface area contributed by atoms with Gasteiger partial charge in [0.15, 0.2) is 0 Å². The minimum absolute atomic E-state index is 0.0982. The van der Waals surface area contributed by atoms with Gasteiger partial charge >= 0.3 is 0 Å². The zero-order valence-corrected chi connectivity index (χ0v) is 23.3. The van der Waals surface area contributed by atoms with Crippen molar-refractivity contribution >= 4 is 17.5 Å². The van der Waals surface area contributed by atoms with Crippen molar-refractivity contribution in [3.05, 3.63) is 100 Å². The number of ether oxygens (including phenoxy) is 1. The van der Waals surface area contributed by atoms with E-state index in [1.807, 2.05) is 47.4 Å². The molecule has 3 aromatic carbocycles. The third-order valence-corrected chi connectivity index (χ3v) is 8.65. The van der Waals surface area contributed by atoms with Crippen LogP contribution < -0.4 is 4.74 Å². The first kappa shape index (κ1) is 27.7. The summed E-state index contributed by atoms with van der Waals surface area (Å²) in [6, 6.07) is 22.9. The van der Waals surface area contributed by atoms with Crippen LogP contribution in [0.1, 0.15) is 48.8 Å². The van der Waals surface area contributed by atoms with Gasteiger partial charge in [-0.25, -0.2) is 4.39 Å². The zero-order valence-electron chi connectivity index (χ0n) is 22.6. The molecule has 1 fully saturated rings. The van der Waals surface area contributed by atoms with E-state index in [9.17, 15) is 9.18 Å².